The highest BCUT2D eigenvalue weighted by molar-refractivity contribution is 5.36. The van der Waals surface area contributed by atoms with Crippen LogP contribution in [0.25, 0.3) is 0 Å². The monoisotopic (exact) mass is 177 g/mol. The molecule has 70 valence electrons. The molecule has 1 unspecified atom stereocenters. The quantitative estimate of drug-likeness (QED) is 0.715. The van der Waals surface area contributed by atoms with Gasteiger partial charge in [0.1, 0.15) is 5.75 Å². The van der Waals surface area contributed by atoms with Crippen LogP contribution in [0, 0.1) is 0 Å². The van der Waals surface area contributed by atoms with E-state index >= 15 is 0 Å². The predicted molar refractivity (Wildman–Crippen MR) is 54.7 cm³/mol. The van der Waals surface area contributed by atoms with Crippen LogP contribution < -0.4 is 0 Å². The second-order valence-corrected chi connectivity index (χ2v) is 3.20. The van der Waals surface area contributed by atoms with Crippen LogP contribution >= 0.6 is 0 Å². The van der Waals surface area contributed by atoms with Crippen LogP contribution in [0.15, 0.2) is 36.9 Å². The molecule has 0 aliphatic carbocycles. The van der Waals surface area contributed by atoms with Gasteiger partial charge in [0, 0.05) is 5.56 Å². The smallest absolute Gasteiger partial charge is 0.120 e. The van der Waals surface area contributed by atoms with Gasteiger partial charge >= 0.3 is 0 Å². The van der Waals surface area contributed by atoms with Crippen LogP contribution in [-0.2, 0) is 0 Å². The average molecular weight is 177 g/mol. The van der Waals surface area contributed by atoms with Crippen molar-refractivity contribution in [3.8, 4) is 5.75 Å². The van der Waals surface area contributed by atoms with Gasteiger partial charge in [0.15, 0.2) is 0 Å². The van der Waals surface area contributed by atoms with Gasteiger partial charge in [0.05, 0.1) is 6.04 Å². The Hall–Kier alpha value is -1.28. The first-order valence-corrected chi connectivity index (χ1v) is 4.23. The van der Waals surface area contributed by atoms with Crippen LogP contribution in [0.4, 0.5) is 0 Å². The van der Waals surface area contributed by atoms with E-state index in [-0.39, 0.29) is 6.04 Å². The maximum absolute atomic E-state index is 9.59. The van der Waals surface area contributed by atoms with Gasteiger partial charge in [0.25, 0.3) is 0 Å². The van der Waals surface area contributed by atoms with Gasteiger partial charge < -0.3 is 5.11 Å². The fourth-order valence-electron chi connectivity index (χ4n) is 1.35. The molecule has 0 aliphatic heterocycles. The van der Waals surface area contributed by atoms with E-state index in [4.69, 9.17) is 0 Å². The number of benzene rings is 1. The number of nitrogens with zero attached hydrogens (tertiary/aromatic N) is 1. The third-order valence-electron chi connectivity index (χ3n) is 2.03. The number of phenols is 1. The third-order valence-corrected chi connectivity index (χ3v) is 2.03. The van der Waals surface area contributed by atoms with Crippen molar-refractivity contribution in [2.24, 2.45) is 0 Å². The van der Waals surface area contributed by atoms with Gasteiger partial charge in [-0.2, -0.15) is 0 Å². The fourth-order valence-corrected chi connectivity index (χ4v) is 1.35. The van der Waals surface area contributed by atoms with Gasteiger partial charge in [-0.1, -0.05) is 24.3 Å². The minimum absolute atomic E-state index is 0.0706. The van der Waals surface area contributed by atoms with E-state index in [1.165, 1.54) is 0 Å². The number of phenolic OH excluding ortho intramolecular Hbond substituents is 1. The number of likely N-dealkylation sites (N-methyl/N-ethyl adjacent to an activating group) is 1. The largest absolute Gasteiger partial charge is 0.508 e. The molecule has 0 amide bonds. The minimum atomic E-state index is 0.0706. The molecule has 1 aromatic carbocycles. The first-order chi connectivity index (χ1) is 6.16. The first kappa shape index (κ1) is 9.81. The molecule has 0 aliphatic rings. The fraction of sp³-hybridized carbons (Fsp3) is 0.273. The summed E-state index contributed by atoms with van der Waals surface area (Å²) in [5.41, 5.74) is 0.891. The second kappa shape index (κ2) is 4.10. The van der Waals surface area contributed by atoms with Crippen LogP contribution in [0.2, 0.25) is 0 Å². The highest BCUT2D eigenvalue weighted by atomic mass is 16.3. The molecule has 0 heterocycles. The zero-order valence-electron chi connectivity index (χ0n) is 8.07. The Bertz CT molecular complexity index is 294. The molecule has 13 heavy (non-hydrogen) atoms. The van der Waals surface area contributed by atoms with Crippen LogP contribution in [0.3, 0.4) is 0 Å². The second-order valence-electron chi connectivity index (χ2n) is 3.20. The lowest BCUT2D eigenvalue weighted by molar-refractivity contribution is 0.340. The van der Waals surface area contributed by atoms with Crippen molar-refractivity contribution in [2.45, 2.75) is 6.04 Å². The Morgan fingerprint density at radius 2 is 2.00 bits per heavy atom. The summed E-state index contributed by atoms with van der Waals surface area (Å²) < 4.78 is 0. The van der Waals surface area contributed by atoms with Gasteiger partial charge in [-0.25, -0.2) is 0 Å². The van der Waals surface area contributed by atoms with Crippen molar-refractivity contribution in [3.05, 3.63) is 42.5 Å². The Kier molecular flexibility index (Phi) is 3.09. The maximum Gasteiger partial charge on any atom is 0.120 e. The molecule has 1 N–H and O–H groups in total. The molecule has 0 saturated carbocycles. The van der Waals surface area contributed by atoms with Crippen molar-refractivity contribution in [1.82, 2.24) is 4.90 Å². The molecule has 2 heteroatoms. The van der Waals surface area contributed by atoms with Crippen LogP contribution in [0.1, 0.15) is 11.6 Å². The molecular weight excluding hydrogens is 162 g/mol. The van der Waals surface area contributed by atoms with E-state index in [1.54, 1.807) is 6.07 Å². The summed E-state index contributed by atoms with van der Waals surface area (Å²) in [7, 11) is 3.91. The zero-order chi connectivity index (χ0) is 9.84. The number of para-hydroxylation sites is 1. The molecule has 0 aromatic heterocycles. The zero-order valence-corrected chi connectivity index (χ0v) is 8.07. The Balaban J connectivity index is 3.04. The van der Waals surface area contributed by atoms with Crippen molar-refractivity contribution >= 4 is 0 Å². The molecule has 0 radical (unpaired) electrons. The summed E-state index contributed by atoms with van der Waals surface area (Å²) in [6, 6.07) is 7.39. The molecule has 0 fully saturated rings. The summed E-state index contributed by atoms with van der Waals surface area (Å²) in [6.07, 6.45) is 1.81. The Labute approximate surface area is 79.1 Å². The standard InChI is InChI=1S/C11H15NO/c1-4-10(12(2)3)9-7-5-6-8-11(9)13/h4-8,10,13H,1H2,2-3H3. The minimum Gasteiger partial charge on any atom is -0.508 e. The molecule has 0 bridgehead atoms. The number of hydrogen-bond acceptors (Lipinski definition) is 2. The average Bonchev–Trinajstić information content (AvgIpc) is 2.09. The summed E-state index contributed by atoms with van der Waals surface area (Å²) in [6.45, 7) is 3.75. The van der Waals surface area contributed by atoms with Crippen molar-refractivity contribution in [1.29, 1.82) is 0 Å². The van der Waals surface area contributed by atoms with E-state index < -0.39 is 0 Å². The molecule has 2 nitrogen and oxygen atoms in total. The van der Waals surface area contributed by atoms with Crippen molar-refractivity contribution in [3.63, 3.8) is 0 Å². The lowest BCUT2D eigenvalue weighted by Gasteiger charge is -2.21. The summed E-state index contributed by atoms with van der Waals surface area (Å²) >= 11 is 0. The number of aromatic hydroxyl groups is 1. The highest BCUT2D eigenvalue weighted by Crippen LogP contribution is 2.27. The first-order valence-electron chi connectivity index (χ1n) is 4.23. The molecule has 1 atom stereocenters. The van der Waals surface area contributed by atoms with Crippen LogP contribution in [-0.4, -0.2) is 24.1 Å². The normalized spacial score (nSPS) is 12.8. The topological polar surface area (TPSA) is 23.5 Å². The van der Waals surface area contributed by atoms with Crippen molar-refractivity contribution < 1.29 is 5.11 Å². The van der Waals surface area contributed by atoms with E-state index in [9.17, 15) is 5.11 Å². The van der Waals surface area contributed by atoms with Gasteiger partial charge in [-0.15, -0.1) is 6.58 Å². The number of hydrogen-bond donors (Lipinski definition) is 1. The van der Waals surface area contributed by atoms with E-state index in [0.29, 0.717) is 5.75 Å². The molecule has 0 spiro atoms. The summed E-state index contributed by atoms with van der Waals surface area (Å²) in [5.74, 6) is 0.320. The molecule has 0 saturated heterocycles. The Morgan fingerprint density at radius 1 is 1.38 bits per heavy atom. The predicted octanol–water partition coefficient (Wildman–Crippen LogP) is 2.18. The lowest BCUT2D eigenvalue weighted by Crippen LogP contribution is -2.17. The van der Waals surface area contributed by atoms with Gasteiger partial charge in [-0.3, -0.25) is 4.90 Å². The maximum atomic E-state index is 9.59. The molecule has 1 rings (SSSR count). The van der Waals surface area contributed by atoms with Crippen molar-refractivity contribution in [2.75, 3.05) is 14.1 Å². The molecular formula is C11H15NO. The van der Waals surface area contributed by atoms with E-state index in [2.05, 4.69) is 6.58 Å². The molecule has 1 aromatic rings. The van der Waals surface area contributed by atoms with Crippen LogP contribution in [0.5, 0.6) is 5.75 Å². The van der Waals surface area contributed by atoms with Gasteiger partial charge in [-0.05, 0) is 20.2 Å². The SMILES string of the molecule is C=CC(c1ccccc1O)N(C)C. The highest BCUT2D eigenvalue weighted by Gasteiger charge is 2.12. The lowest BCUT2D eigenvalue weighted by atomic mass is 10.1. The third kappa shape index (κ3) is 2.10. The van der Waals surface area contributed by atoms with E-state index in [0.717, 1.165) is 5.56 Å². The van der Waals surface area contributed by atoms with E-state index in [1.807, 2.05) is 43.3 Å². The summed E-state index contributed by atoms with van der Waals surface area (Å²) in [5, 5.41) is 9.59. The number of rotatable bonds is 3. The Morgan fingerprint density at radius 3 is 2.46 bits per heavy atom. The summed E-state index contributed by atoms with van der Waals surface area (Å²) in [4.78, 5) is 2.00. The van der Waals surface area contributed by atoms with Gasteiger partial charge in [0.2, 0.25) is 0 Å².